The Morgan fingerprint density at radius 2 is 1.95 bits per heavy atom. The van der Waals surface area contributed by atoms with E-state index in [1.54, 1.807) is 12.4 Å². The van der Waals surface area contributed by atoms with Crippen molar-refractivity contribution >= 4 is 0 Å². The molecular weight excluding hydrogens is 265 g/mol. The van der Waals surface area contributed by atoms with Crippen molar-refractivity contribution in [2.75, 3.05) is 0 Å². The summed E-state index contributed by atoms with van der Waals surface area (Å²) in [6.45, 7) is 0.451. The molecule has 3 rings (SSSR count). The zero-order valence-corrected chi connectivity index (χ0v) is 11.0. The molecule has 1 aliphatic rings. The molecule has 2 aromatic rings. The van der Waals surface area contributed by atoms with Crippen molar-refractivity contribution in [1.29, 1.82) is 0 Å². The quantitative estimate of drug-likeness (QED) is 0.817. The highest BCUT2D eigenvalue weighted by atomic mass is 19.4. The van der Waals surface area contributed by atoms with E-state index in [1.165, 1.54) is 17.8 Å². The van der Waals surface area contributed by atoms with E-state index in [0.717, 1.165) is 37.4 Å². The molecule has 0 bridgehead atoms. The number of fused-ring (bicyclic) bond motifs is 1. The lowest BCUT2D eigenvalue weighted by Gasteiger charge is -2.14. The molecule has 1 heterocycles. The third-order valence-corrected chi connectivity index (χ3v) is 3.72. The number of aryl methyl sites for hydroxylation is 1. The average molecular weight is 280 g/mol. The van der Waals surface area contributed by atoms with Gasteiger partial charge in [0.15, 0.2) is 0 Å². The summed E-state index contributed by atoms with van der Waals surface area (Å²) in [5.74, 6) is 0. The number of hydrogen-bond donors (Lipinski definition) is 0. The molecule has 0 spiro atoms. The summed E-state index contributed by atoms with van der Waals surface area (Å²) < 4.78 is 40.1. The molecule has 0 unspecified atom stereocenters. The molecule has 0 N–H and O–H groups in total. The van der Waals surface area contributed by atoms with Gasteiger partial charge in [-0.25, -0.2) is 4.98 Å². The minimum atomic E-state index is -4.29. The van der Waals surface area contributed by atoms with Crippen LogP contribution in [-0.4, -0.2) is 9.55 Å². The van der Waals surface area contributed by atoms with Gasteiger partial charge >= 0.3 is 6.18 Å². The van der Waals surface area contributed by atoms with Gasteiger partial charge in [-0.15, -0.1) is 0 Å². The SMILES string of the molecule is FC(F)(F)c1cccc(Cn2cnc3c2CCCC3)c1. The van der Waals surface area contributed by atoms with Crippen LogP contribution in [0.1, 0.15) is 35.4 Å². The van der Waals surface area contributed by atoms with E-state index >= 15 is 0 Å². The van der Waals surface area contributed by atoms with Gasteiger partial charge in [0.05, 0.1) is 17.6 Å². The second-order valence-corrected chi connectivity index (χ2v) is 5.17. The second-order valence-electron chi connectivity index (χ2n) is 5.17. The van der Waals surface area contributed by atoms with Crippen molar-refractivity contribution in [3.63, 3.8) is 0 Å². The summed E-state index contributed by atoms with van der Waals surface area (Å²) in [7, 11) is 0. The number of halogens is 3. The first-order valence-electron chi connectivity index (χ1n) is 6.73. The molecule has 20 heavy (non-hydrogen) atoms. The normalized spacial score (nSPS) is 15.2. The van der Waals surface area contributed by atoms with Crippen molar-refractivity contribution in [3.05, 3.63) is 53.1 Å². The number of benzene rings is 1. The van der Waals surface area contributed by atoms with Gasteiger partial charge < -0.3 is 4.57 Å². The first-order chi connectivity index (χ1) is 9.54. The molecule has 1 aromatic heterocycles. The molecule has 0 saturated heterocycles. The van der Waals surface area contributed by atoms with Gasteiger partial charge in [-0.05, 0) is 43.4 Å². The largest absolute Gasteiger partial charge is 0.416 e. The number of imidazole rings is 1. The second kappa shape index (κ2) is 4.96. The van der Waals surface area contributed by atoms with E-state index in [-0.39, 0.29) is 0 Å². The van der Waals surface area contributed by atoms with Gasteiger partial charge in [-0.3, -0.25) is 0 Å². The Kier molecular flexibility index (Phi) is 3.28. The van der Waals surface area contributed by atoms with E-state index in [9.17, 15) is 13.2 Å². The van der Waals surface area contributed by atoms with Crippen LogP contribution in [0.15, 0.2) is 30.6 Å². The Hall–Kier alpha value is -1.78. The first-order valence-corrected chi connectivity index (χ1v) is 6.73. The standard InChI is InChI=1S/C15H15F3N2/c16-15(17,18)12-5-3-4-11(8-12)9-20-10-19-13-6-1-2-7-14(13)20/h3-5,8,10H,1-2,6-7,9H2. The maximum Gasteiger partial charge on any atom is 0.416 e. The highest BCUT2D eigenvalue weighted by molar-refractivity contribution is 5.27. The maximum atomic E-state index is 12.7. The maximum absolute atomic E-state index is 12.7. The smallest absolute Gasteiger partial charge is 0.330 e. The molecule has 1 aromatic carbocycles. The Bertz CT molecular complexity index is 614. The average Bonchev–Trinajstić information content (AvgIpc) is 2.82. The third-order valence-electron chi connectivity index (χ3n) is 3.72. The lowest BCUT2D eigenvalue weighted by Crippen LogP contribution is -2.10. The number of rotatable bonds is 2. The minimum Gasteiger partial charge on any atom is -0.330 e. The molecule has 0 amide bonds. The lowest BCUT2D eigenvalue weighted by atomic mass is 10.0. The van der Waals surface area contributed by atoms with Crippen molar-refractivity contribution in [2.24, 2.45) is 0 Å². The molecule has 0 radical (unpaired) electrons. The van der Waals surface area contributed by atoms with Crippen LogP contribution < -0.4 is 0 Å². The van der Waals surface area contributed by atoms with Crippen molar-refractivity contribution in [2.45, 2.75) is 38.4 Å². The predicted molar refractivity (Wildman–Crippen MR) is 69.4 cm³/mol. The lowest BCUT2D eigenvalue weighted by molar-refractivity contribution is -0.137. The molecular formula is C15H15F3N2. The molecule has 0 atom stereocenters. The highest BCUT2D eigenvalue weighted by Crippen LogP contribution is 2.30. The molecule has 0 aliphatic heterocycles. The van der Waals surface area contributed by atoms with Crippen molar-refractivity contribution < 1.29 is 13.2 Å². The molecule has 0 saturated carbocycles. The van der Waals surface area contributed by atoms with Crippen LogP contribution in [0.5, 0.6) is 0 Å². The van der Waals surface area contributed by atoms with Gasteiger partial charge in [-0.1, -0.05) is 12.1 Å². The monoisotopic (exact) mass is 280 g/mol. The number of nitrogens with zero attached hydrogens (tertiary/aromatic N) is 2. The van der Waals surface area contributed by atoms with Crippen LogP contribution in [0.25, 0.3) is 0 Å². The fourth-order valence-electron chi connectivity index (χ4n) is 2.71. The Labute approximate surface area is 115 Å². The topological polar surface area (TPSA) is 17.8 Å². The van der Waals surface area contributed by atoms with E-state index in [0.29, 0.717) is 12.1 Å². The van der Waals surface area contributed by atoms with E-state index in [4.69, 9.17) is 0 Å². The summed E-state index contributed by atoms with van der Waals surface area (Å²) in [4.78, 5) is 4.36. The van der Waals surface area contributed by atoms with Crippen LogP contribution in [0, 0.1) is 0 Å². The highest BCUT2D eigenvalue weighted by Gasteiger charge is 2.30. The fourth-order valence-corrected chi connectivity index (χ4v) is 2.71. The van der Waals surface area contributed by atoms with E-state index in [1.807, 2.05) is 4.57 Å². The summed E-state index contributed by atoms with van der Waals surface area (Å²) in [6, 6.07) is 5.51. The molecule has 106 valence electrons. The fraction of sp³-hybridized carbons (Fsp3) is 0.400. The number of aromatic nitrogens is 2. The predicted octanol–water partition coefficient (Wildman–Crippen LogP) is 3.83. The van der Waals surface area contributed by atoms with Gasteiger partial charge in [0.25, 0.3) is 0 Å². The third kappa shape index (κ3) is 2.57. The Morgan fingerprint density at radius 3 is 2.75 bits per heavy atom. The Morgan fingerprint density at radius 1 is 1.15 bits per heavy atom. The molecule has 1 aliphatic carbocycles. The van der Waals surface area contributed by atoms with E-state index in [2.05, 4.69) is 4.98 Å². The van der Waals surface area contributed by atoms with Crippen LogP contribution in [0.2, 0.25) is 0 Å². The van der Waals surface area contributed by atoms with E-state index < -0.39 is 11.7 Å². The van der Waals surface area contributed by atoms with Crippen LogP contribution in [0.4, 0.5) is 13.2 Å². The first kappa shape index (κ1) is 13.2. The summed E-state index contributed by atoms with van der Waals surface area (Å²) in [6.07, 6.45) is 1.68. The van der Waals surface area contributed by atoms with Crippen LogP contribution >= 0.6 is 0 Å². The van der Waals surface area contributed by atoms with Gasteiger partial charge in [0.2, 0.25) is 0 Å². The number of alkyl halides is 3. The van der Waals surface area contributed by atoms with Crippen molar-refractivity contribution in [3.8, 4) is 0 Å². The molecule has 5 heteroatoms. The Balaban J connectivity index is 1.86. The molecule has 0 fully saturated rings. The zero-order chi connectivity index (χ0) is 14.2. The summed E-state index contributed by atoms with van der Waals surface area (Å²) in [5.41, 5.74) is 2.34. The van der Waals surface area contributed by atoms with Crippen LogP contribution in [0.3, 0.4) is 0 Å². The zero-order valence-electron chi connectivity index (χ0n) is 11.0. The minimum absolute atomic E-state index is 0.451. The number of hydrogen-bond acceptors (Lipinski definition) is 1. The van der Waals surface area contributed by atoms with Crippen molar-refractivity contribution in [1.82, 2.24) is 9.55 Å². The van der Waals surface area contributed by atoms with Crippen LogP contribution in [-0.2, 0) is 25.6 Å². The summed E-state index contributed by atoms with van der Waals surface area (Å²) >= 11 is 0. The molecule has 2 nitrogen and oxygen atoms in total. The van der Waals surface area contributed by atoms with Gasteiger partial charge in [0, 0.05) is 12.2 Å². The van der Waals surface area contributed by atoms with Gasteiger partial charge in [-0.2, -0.15) is 13.2 Å². The summed E-state index contributed by atoms with van der Waals surface area (Å²) in [5, 5.41) is 0. The van der Waals surface area contributed by atoms with Gasteiger partial charge in [0.1, 0.15) is 0 Å².